The maximum atomic E-state index is 12.0. The van der Waals surface area contributed by atoms with Gasteiger partial charge in [-0.15, -0.1) is 11.3 Å². The third kappa shape index (κ3) is 3.23. The summed E-state index contributed by atoms with van der Waals surface area (Å²) in [5.41, 5.74) is 0. The highest BCUT2D eigenvalue weighted by Crippen LogP contribution is 2.26. The largest absolute Gasteiger partial charge is 0.481 e. The zero-order valence-corrected chi connectivity index (χ0v) is 11.7. The number of hydrogen-bond donors (Lipinski definition) is 2. The van der Waals surface area contributed by atoms with Crippen molar-refractivity contribution < 1.29 is 14.7 Å². The van der Waals surface area contributed by atoms with Crippen molar-refractivity contribution in [2.24, 2.45) is 5.92 Å². The molecule has 0 radical (unpaired) electrons. The predicted octanol–water partition coefficient (Wildman–Crippen LogP) is 2.20. The lowest BCUT2D eigenvalue weighted by atomic mass is 10.1. The van der Waals surface area contributed by atoms with Gasteiger partial charge in [0.25, 0.3) is 0 Å². The van der Waals surface area contributed by atoms with Gasteiger partial charge in [-0.25, -0.2) is 9.78 Å². The third-order valence-corrected chi connectivity index (χ3v) is 4.34. The van der Waals surface area contributed by atoms with Gasteiger partial charge in [0, 0.05) is 24.2 Å². The molecular weight excluding hydrogens is 266 g/mol. The molecule has 1 unspecified atom stereocenters. The predicted molar refractivity (Wildman–Crippen MR) is 72.5 cm³/mol. The molecule has 1 aliphatic heterocycles. The number of aromatic nitrogens is 1. The van der Waals surface area contributed by atoms with Crippen LogP contribution in [0.3, 0.4) is 0 Å². The highest BCUT2D eigenvalue weighted by molar-refractivity contribution is 7.15. The van der Waals surface area contributed by atoms with E-state index in [9.17, 15) is 9.59 Å². The number of carboxylic acids is 1. The third-order valence-electron chi connectivity index (χ3n) is 3.13. The molecule has 6 nitrogen and oxygen atoms in total. The number of nitrogens with zero attached hydrogens (tertiary/aromatic N) is 2. The zero-order valence-electron chi connectivity index (χ0n) is 10.9. The molecule has 0 saturated carbocycles. The molecule has 0 spiro atoms. The van der Waals surface area contributed by atoms with Crippen LogP contribution in [0.2, 0.25) is 0 Å². The molecule has 7 heteroatoms. The van der Waals surface area contributed by atoms with Crippen LogP contribution in [0.4, 0.5) is 9.93 Å². The lowest BCUT2D eigenvalue weighted by Crippen LogP contribution is -2.33. The fraction of sp³-hybridized carbons (Fsp3) is 0.583. The summed E-state index contributed by atoms with van der Waals surface area (Å²) in [6, 6.07) is -0.270. The minimum absolute atomic E-state index is 0.267. The molecule has 0 aromatic carbocycles. The molecule has 2 amide bonds. The SMILES string of the molecule is CC(C)c1cnc(NC(=O)N2CCC(C(=O)O)C2)s1. The van der Waals surface area contributed by atoms with Gasteiger partial charge >= 0.3 is 12.0 Å². The summed E-state index contributed by atoms with van der Waals surface area (Å²) in [5.74, 6) is -0.911. The second-order valence-electron chi connectivity index (χ2n) is 4.92. The Morgan fingerprint density at radius 1 is 1.58 bits per heavy atom. The molecule has 1 atom stereocenters. The number of carboxylic acid groups (broad SMARTS) is 1. The number of carbonyl (C=O) groups is 2. The van der Waals surface area contributed by atoms with Gasteiger partial charge in [-0.3, -0.25) is 10.1 Å². The average molecular weight is 283 g/mol. The summed E-state index contributed by atoms with van der Waals surface area (Å²) in [6.07, 6.45) is 2.27. The maximum absolute atomic E-state index is 12.0. The van der Waals surface area contributed by atoms with Crippen molar-refractivity contribution in [3.63, 3.8) is 0 Å². The second-order valence-corrected chi connectivity index (χ2v) is 5.98. The number of amides is 2. The van der Waals surface area contributed by atoms with Crippen LogP contribution >= 0.6 is 11.3 Å². The van der Waals surface area contributed by atoms with Gasteiger partial charge in [0.15, 0.2) is 5.13 Å². The monoisotopic (exact) mass is 283 g/mol. The standard InChI is InChI=1S/C12H17N3O3S/c1-7(2)9-5-13-11(19-9)14-12(18)15-4-3-8(6-15)10(16)17/h5,7-8H,3-4,6H2,1-2H3,(H,16,17)(H,13,14,18). The molecule has 0 aliphatic carbocycles. The molecule has 1 fully saturated rings. The van der Waals surface area contributed by atoms with E-state index in [0.29, 0.717) is 24.0 Å². The quantitative estimate of drug-likeness (QED) is 0.891. The van der Waals surface area contributed by atoms with E-state index in [4.69, 9.17) is 5.11 Å². The van der Waals surface area contributed by atoms with Gasteiger partial charge < -0.3 is 10.0 Å². The highest BCUT2D eigenvalue weighted by atomic mass is 32.1. The van der Waals surface area contributed by atoms with Crippen molar-refractivity contribution in [1.29, 1.82) is 0 Å². The van der Waals surface area contributed by atoms with E-state index in [-0.39, 0.29) is 12.6 Å². The normalized spacial score (nSPS) is 18.9. The number of hydrogen-bond acceptors (Lipinski definition) is 4. The molecule has 1 aliphatic rings. The minimum Gasteiger partial charge on any atom is -0.481 e. The molecule has 2 rings (SSSR count). The number of likely N-dealkylation sites (tertiary alicyclic amines) is 1. The van der Waals surface area contributed by atoms with Crippen molar-refractivity contribution in [2.45, 2.75) is 26.2 Å². The fourth-order valence-electron chi connectivity index (χ4n) is 1.93. The lowest BCUT2D eigenvalue weighted by Gasteiger charge is -2.15. The second kappa shape index (κ2) is 5.56. The van der Waals surface area contributed by atoms with Crippen LogP contribution < -0.4 is 5.32 Å². The van der Waals surface area contributed by atoms with Crippen LogP contribution in [-0.2, 0) is 4.79 Å². The van der Waals surface area contributed by atoms with E-state index >= 15 is 0 Å². The van der Waals surface area contributed by atoms with Gasteiger partial charge in [0.1, 0.15) is 0 Å². The Bertz CT molecular complexity index is 486. The van der Waals surface area contributed by atoms with Crippen molar-refractivity contribution in [2.75, 3.05) is 18.4 Å². The first kappa shape index (κ1) is 13.8. The lowest BCUT2D eigenvalue weighted by molar-refractivity contribution is -0.141. The summed E-state index contributed by atoms with van der Waals surface area (Å²) in [4.78, 5) is 29.6. The van der Waals surface area contributed by atoms with E-state index in [0.717, 1.165) is 4.88 Å². The number of rotatable bonds is 3. The molecular formula is C12H17N3O3S. The van der Waals surface area contributed by atoms with Gasteiger partial charge in [-0.05, 0) is 12.3 Å². The van der Waals surface area contributed by atoms with Crippen LogP contribution in [0.5, 0.6) is 0 Å². The Morgan fingerprint density at radius 3 is 2.84 bits per heavy atom. The number of urea groups is 1. The first-order valence-electron chi connectivity index (χ1n) is 6.22. The molecule has 2 heterocycles. The van der Waals surface area contributed by atoms with Gasteiger partial charge in [0.2, 0.25) is 0 Å². The number of aliphatic carboxylic acids is 1. The molecule has 104 valence electrons. The maximum Gasteiger partial charge on any atom is 0.323 e. The Balaban J connectivity index is 1.92. The van der Waals surface area contributed by atoms with Crippen LogP contribution in [0.1, 0.15) is 31.1 Å². The molecule has 1 aromatic heterocycles. The van der Waals surface area contributed by atoms with Crippen LogP contribution in [0.15, 0.2) is 6.20 Å². The van der Waals surface area contributed by atoms with Crippen molar-refractivity contribution in [3.05, 3.63) is 11.1 Å². The molecule has 1 aromatic rings. The van der Waals surface area contributed by atoms with E-state index in [1.165, 1.54) is 16.2 Å². The number of nitrogens with one attached hydrogen (secondary N) is 1. The van der Waals surface area contributed by atoms with Crippen LogP contribution in [0, 0.1) is 5.92 Å². The molecule has 19 heavy (non-hydrogen) atoms. The number of anilines is 1. The van der Waals surface area contributed by atoms with E-state index in [1.807, 2.05) is 0 Å². The summed E-state index contributed by atoms with van der Waals surface area (Å²) in [6.45, 7) is 4.88. The number of carbonyl (C=O) groups excluding carboxylic acids is 1. The van der Waals surface area contributed by atoms with Gasteiger partial charge in [0.05, 0.1) is 5.92 Å². The van der Waals surface area contributed by atoms with E-state index in [1.54, 1.807) is 6.20 Å². The van der Waals surface area contributed by atoms with E-state index < -0.39 is 11.9 Å². The Hall–Kier alpha value is -1.63. The average Bonchev–Trinajstić information content (AvgIpc) is 2.96. The van der Waals surface area contributed by atoms with Crippen molar-refractivity contribution >= 4 is 28.5 Å². The minimum atomic E-state index is -0.841. The van der Waals surface area contributed by atoms with E-state index in [2.05, 4.69) is 24.1 Å². The Kier molecular flexibility index (Phi) is 4.04. The summed E-state index contributed by atoms with van der Waals surface area (Å²) >= 11 is 1.45. The van der Waals surface area contributed by atoms with Crippen molar-refractivity contribution in [3.8, 4) is 0 Å². The van der Waals surface area contributed by atoms with Crippen molar-refractivity contribution in [1.82, 2.24) is 9.88 Å². The summed E-state index contributed by atoms with van der Waals surface area (Å²) in [5, 5.41) is 12.2. The number of thiazole rings is 1. The molecule has 0 bridgehead atoms. The zero-order chi connectivity index (χ0) is 14.0. The molecule has 2 N–H and O–H groups in total. The first-order chi connectivity index (χ1) is 8.97. The van der Waals surface area contributed by atoms with Gasteiger partial charge in [-0.1, -0.05) is 13.8 Å². The highest BCUT2D eigenvalue weighted by Gasteiger charge is 2.31. The van der Waals surface area contributed by atoms with Gasteiger partial charge in [-0.2, -0.15) is 0 Å². The Labute approximate surface area is 115 Å². The molecule has 1 saturated heterocycles. The first-order valence-corrected chi connectivity index (χ1v) is 7.03. The topological polar surface area (TPSA) is 82.5 Å². The van der Waals surface area contributed by atoms with Crippen LogP contribution in [0.25, 0.3) is 0 Å². The smallest absolute Gasteiger partial charge is 0.323 e. The fourth-order valence-corrected chi connectivity index (χ4v) is 2.74. The summed E-state index contributed by atoms with van der Waals surface area (Å²) < 4.78 is 0. The Morgan fingerprint density at radius 2 is 2.32 bits per heavy atom. The summed E-state index contributed by atoms with van der Waals surface area (Å²) in [7, 11) is 0. The van der Waals surface area contributed by atoms with Crippen LogP contribution in [-0.4, -0.2) is 40.1 Å².